The van der Waals surface area contributed by atoms with Gasteiger partial charge in [-0.15, -0.1) is 0 Å². The summed E-state index contributed by atoms with van der Waals surface area (Å²) in [7, 11) is 0. The van der Waals surface area contributed by atoms with E-state index in [1.807, 2.05) is 32.0 Å². The maximum absolute atomic E-state index is 5.93. The van der Waals surface area contributed by atoms with E-state index >= 15 is 0 Å². The number of hydrogen-bond acceptors (Lipinski definition) is 4. The Morgan fingerprint density at radius 1 is 1.41 bits per heavy atom. The lowest BCUT2D eigenvalue weighted by Gasteiger charge is -2.07. The smallest absolute Gasteiger partial charge is 0.245 e. The average molecular weight is 252 g/mol. The van der Waals surface area contributed by atoms with Crippen LogP contribution in [0.1, 0.15) is 24.2 Å². The molecule has 4 nitrogen and oxygen atoms in total. The minimum absolute atomic E-state index is 0.508. The van der Waals surface area contributed by atoms with Crippen LogP contribution in [0, 0.1) is 6.92 Å². The van der Waals surface area contributed by atoms with Gasteiger partial charge in [-0.2, -0.15) is 4.98 Å². The first-order valence-electron chi connectivity index (χ1n) is 5.50. The average Bonchev–Trinajstić information content (AvgIpc) is 2.78. The van der Waals surface area contributed by atoms with Crippen molar-refractivity contribution in [3.63, 3.8) is 0 Å². The fourth-order valence-corrected chi connectivity index (χ4v) is 1.63. The first-order chi connectivity index (χ1) is 8.19. The summed E-state index contributed by atoms with van der Waals surface area (Å²) >= 11 is 5.93. The molecule has 90 valence electrons. The SMILES string of the molecule is CCc1noc(CNc2cc(Cl)ccc2C)n1. The highest BCUT2D eigenvalue weighted by Crippen LogP contribution is 2.20. The zero-order chi connectivity index (χ0) is 12.3. The summed E-state index contributed by atoms with van der Waals surface area (Å²) < 4.78 is 5.09. The van der Waals surface area contributed by atoms with Gasteiger partial charge in [0, 0.05) is 17.1 Å². The van der Waals surface area contributed by atoms with Gasteiger partial charge < -0.3 is 9.84 Å². The summed E-state index contributed by atoms with van der Waals surface area (Å²) in [5, 5.41) is 7.77. The Kier molecular flexibility index (Phi) is 3.64. The molecule has 0 saturated heterocycles. The fourth-order valence-electron chi connectivity index (χ4n) is 1.46. The van der Waals surface area contributed by atoms with Crippen LogP contribution >= 0.6 is 11.6 Å². The lowest BCUT2D eigenvalue weighted by atomic mass is 10.2. The van der Waals surface area contributed by atoms with Crippen LogP contribution in [-0.2, 0) is 13.0 Å². The maximum Gasteiger partial charge on any atom is 0.245 e. The van der Waals surface area contributed by atoms with Gasteiger partial charge in [0.05, 0.1) is 6.54 Å². The van der Waals surface area contributed by atoms with Gasteiger partial charge in [-0.05, 0) is 24.6 Å². The Morgan fingerprint density at radius 3 is 2.94 bits per heavy atom. The molecule has 0 fully saturated rings. The predicted molar refractivity (Wildman–Crippen MR) is 67.2 cm³/mol. The molecule has 2 rings (SSSR count). The number of nitrogens with zero attached hydrogens (tertiary/aromatic N) is 2. The standard InChI is InChI=1S/C12H14ClN3O/c1-3-11-15-12(17-16-11)7-14-10-6-9(13)5-4-8(10)2/h4-6,14H,3,7H2,1-2H3. The van der Waals surface area contributed by atoms with Crippen molar-refractivity contribution >= 4 is 17.3 Å². The van der Waals surface area contributed by atoms with E-state index in [0.29, 0.717) is 17.5 Å². The summed E-state index contributed by atoms with van der Waals surface area (Å²) in [4.78, 5) is 4.22. The number of hydrogen-bond donors (Lipinski definition) is 1. The topological polar surface area (TPSA) is 51.0 Å². The molecular formula is C12H14ClN3O. The van der Waals surface area contributed by atoms with Crippen LogP contribution < -0.4 is 5.32 Å². The molecule has 1 aromatic carbocycles. The molecule has 0 unspecified atom stereocenters. The van der Waals surface area contributed by atoms with Crippen molar-refractivity contribution in [2.45, 2.75) is 26.8 Å². The van der Waals surface area contributed by atoms with Crippen LogP contribution in [0.3, 0.4) is 0 Å². The number of halogens is 1. The summed E-state index contributed by atoms with van der Waals surface area (Å²) in [6.45, 7) is 4.52. The number of aromatic nitrogens is 2. The molecule has 0 aliphatic rings. The minimum atomic E-state index is 0.508. The Balaban J connectivity index is 2.04. The molecule has 0 spiro atoms. The van der Waals surface area contributed by atoms with E-state index in [9.17, 15) is 0 Å². The van der Waals surface area contributed by atoms with Gasteiger partial charge in [-0.25, -0.2) is 0 Å². The zero-order valence-electron chi connectivity index (χ0n) is 9.83. The highest BCUT2D eigenvalue weighted by Gasteiger charge is 2.05. The molecule has 0 aliphatic carbocycles. The molecule has 0 amide bonds. The number of anilines is 1. The molecule has 1 N–H and O–H groups in total. The summed E-state index contributed by atoms with van der Waals surface area (Å²) in [6, 6.07) is 5.72. The summed E-state index contributed by atoms with van der Waals surface area (Å²) in [5.41, 5.74) is 2.11. The zero-order valence-corrected chi connectivity index (χ0v) is 10.6. The highest BCUT2D eigenvalue weighted by molar-refractivity contribution is 6.30. The van der Waals surface area contributed by atoms with Crippen LogP contribution in [-0.4, -0.2) is 10.1 Å². The Bertz CT molecular complexity index is 510. The third-order valence-corrected chi connectivity index (χ3v) is 2.69. The maximum atomic E-state index is 5.93. The molecule has 0 atom stereocenters. The third kappa shape index (κ3) is 2.97. The Hall–Kier alpha value is -1.55. The molecule has 2 aromatic rings. The fraction of sp³-hybridized carbons (Fsp3) is 0.333. The quantitative estimate of drug-likeness (QED) is 0.907. The van der Waals surface area contributed by atoms with Gasteiger partial charge in [-0.1, -0.05) is 29.7 Å². The van der Waals surface area contributed by atoms with Gasteiger partial charge in [0.2, 0.25) is 5.89 Å². The van der Waals surface area contributed by atoms with Crippen molar-refractivity contribution in [2.75, 3.05) is 5.32 Å². The molecular weight excluding hydrogens is 238 g/mol. The molecule has 0 saturated carbocycles. The normalized spacial score (nSPS) is 10.5. The van der Waals surface area contributed by atoms with Crippen molar-refractivity contribution in [1.82, 2.24) is 10.1 Å². The number of rotatable bonds is 4. The summed E-state index contributed by atoms with van der Waals surface area (Å²) in [5.74, 6) is 1.31. The third-order valence-electron chi connectivity index (χ3n) is 2.46. The molecule has 1 heterocycles. The van der Waals surface area contributed by atoms with Gasteiger partial charge in [0.25, 0.3) is 0 Å². The van der Waals surface area contributed by atoms with E-state index in [1.54, 1.807) is 0 Å². The monoisotopic (exact) mass is 251 g/mol. The molecule has 5 heteroatoms. The van der Waals surface area contributed by atoms with E-state index in [2.05, 4.69) is 15.5 Å². The van der Waals surface area contributed by atoms with E-state index in [0.717, 1.165) is 23.5 Å². The van der Waals surface area contributed by atoms with Crippen LogP contribution in [0.4, 0.5) is 5.69 Å². The minimum Gasteiger partial charge on any atom is -0.376 e. The van der Waals surface area contributed by atoms with Crippen molar-refractivity contribution in [2.24, 2.45) is 0 Å². The van der Waals surface area contributed by atoms with E-state index in [4.69, 9.17) is 16.1 Å². The molecule has 1 aromatic heterocycles. The highest BCUT2D eigenvalue weighted by atomic mass is 35.5. The Labute approximate surface area is 105 Å². The largest absolute Gasteiger partial charge is 0.376 e. The van der Waals surface area contributed by atoms with Gasteiger partial charge in [0.15, 0.2) is 5.82 Å². The molecule has 0 aliphatic heterocycles. The van der Waals surface area contributed by atoms with E-state index < -0.39 is 0 Å². The molecule has 0 radical (unpaired) electrons. The number of nitrogens with one attached hydrogen (secondary N) is 1. The van der Waals surface area contributed by atoms with Crippen LogP contribution in [0.2, 0.25) is 5.02 Å². The second-order valence-corrected chi connectivity index (χ2v) is 4.21. The van der Waals surface area contributed by atoms with Gasteiger partial charge in [0.1, 0.15) is 0 Å². The lowest BCUT2D eigenvalue weighted by Crippen LogP contribution is -2.01. The van der Waals surface area contributed by atoms with Crippen molar-refractivity contribution in [3.05, 3.63) is 40.5 Å². The van der Waals surface area contributed by atoms with E-state index in [-0.39, 0.29) is 0 Å². The number of benzene rings is 1. The first-order valence-corrected chi connectivity index (χ1v) is 5.88. The second kappa shape index (κ2) is 5.19. The second-order valence-electron chi connectivity index (χ2n) is 3.77. The van der Waals surface area contributed by atoms with Crippen molar-refractivity contribution < 1.29 is 4.52 Å². The van der Waals surface area contributed by atoms with Crippen molar-refractivity contribution in [3.8, 4) is 0 Å². The van der Waals surface area contributed by atoms with E-state index in [1.165, 1.54) is 0 Å². The van der Waals surface area contributed by atoms with Gasteiger partial charge >= 0.3 is 0 Å². The van der Waals surface area contributed by atoms with Gasteiger partial charge in [-0.3, -0.25) is 0 Å². The van der Waals surface area contributed by atoms with Crippen LogP contribution in [0.25, 0.3) is 0 Å². The first kappa shape index (κ1) is 11.9. The number of aryl methyl sites for hydroxylation is 2. The van der Waals surface area contributed by atoms with Crippen molar-refractivity contribution in [1.29, 1.82) is 0 Å². The lowest BCUT2D eigenvalue weighted by molar-refractivity contribution is 0.378. The Morgan fingerprint density at radius 2 is 2.24 bits per heavy atom. The van der Waals surface area contributed by atoms with Crippen LogP contribution in [0.15, 0.2) is 22.7 Å². The predicted octanol–water partition coefficient (Wildman–Crippen LogP) is 3.21. The summed E-state index contributed by atoms with van der Waals surface area (Å²) in [6.07, 6.45) is 0.777. The van der Waals surface area contributed by atoms with Crippen LogP contribution in [0.5, 0.6) is 0 Å². The molecule has 0 bridgehead atoms. The molecule has 17 heavy (non-hydrogen) atoms.